The molecule has 0 unspecified atom stereocenters. The van der Waals surface area contributed by atoms with E-state index in [-0.39, 0.29) is 12.3 Å². The van der Waals surface area contributed by atoms with Crippen LogP contribution in [0.15, 0.2) is 30.6 Å². The normalized spacial score (nSPS) is 9.89. The van der Waals surface area contributed by atoms with Crippen molar-refractivity contribution in [2.45, 2.75) is 13.0 Å². The minimum Gasteiger partial charge on any atom is -0.349 e. The molecule has 1 N–H and O–H groups in total. The summed E-state index contributed by atoms with van der Waals surface area (Å²) in [7, 11) is 1.82. The first kappa shape index (κ1) is 12.8. The van der Waals surface area contributed by atoms with Gasteiger partial charge >= 0.3 is 0 Å². The predicted molar refractivity (Wildman–Crippen MR) is 67.7 cm³/mol. The Morgan fingerprint density at radius 1 is 1.42 bits per heavy atom. The van der Waals surface area contributed by atoms with Crippen molar-refractivity contribution in [3.05, 3.63) is 47.5 Å². The summed E-state index contributed by atoms with van der Waals surface area (Å²) < 4.78 is 1.75. The molecule has 0 radical (unpaired) electrons. The standard InChI is InChI=1S/C13H13N5O/c1-18-9-16-17-12(18)8-15-13(19)6-10-2-4-11(7-14)5-3-10/h2-5,9H,6,8H2,1H3,(H,15,19). The van der Waals surface area contributed by atoms with E-state index in [1.165, 1.54) is 0 Å². The Morgan fingerprint density at radius 2 is 2.16 bits per heavy atom. The van der Waals surface area contributed by atoms with Crippen molar-refractivity contribution >= 4 is 5.91 Å². The van der Waals surface area contributed by atoms with Crippen LogP contribution in [0.3, 0.4) is 0 Å². The number of aromatic nitrogens is 3. The van der Waals surface area contributed by atoms with Crippen LogP contribution in [-0.4, -0.2) is 20.7 Å². The Balaban J connectivity index is 1.87. The third kappa shape index (κ3) is 3.39. The Morgan fingerprint density at radius 3 is 2.74 bits per heavy atom. The molecule has 0 bridgehead atoms. The highest BCUT2D eigenvalue weighted by Crippen LogP contribution is 2.04. The van der Waals surface area contributed by atoms with Crippen molar-refractivity contribution in [2.75, 3.05) is 0 Å². The minimum atomic E-state index is -0.0901. The molecule has 0 saturated heterocycles. The second kappa shape index (κ2) is 5.78. The molecule has 96 valence electrons. The van der Waals surface area contributed by atoms with Gasteiger partial charge in [-0.05, 0) is 17.7 Å². The molecule has 19 heavy (non-hydrogen) atoms. The molecule has 0 saturated carbocycles. The highest BCUT2D eigenvalue weighted by atomic mass is 16.1. The van der Waals surface area contributed by atoms with E-state index in [4.69, 9.17) is 5.26 Å². The summed E-state index contributed by atoms with van der Waals surface area (Å²) in [5.41, 5.74) is 1.46. The van der Waals surface area contributed by atoms with E-state index in [2.05, 4.69) is 15.5 Å². The number of benzene rings is 1. The molecule has 1 amide bonds. The van der Waals surface area contributed by atoms with Crippen LogP contribution in [0.5, 0.6) is 0 Å². The lowest BCUT2D eigenvalue weighted by molar-refractivity contribution is -0.120. The summed E-state index contributed by atoms with van der Waals surface area (Å²) in [6, 6.07) is 8.99. The zero-order chi connectivity index (χ0) is 13.7. The molecule has 1 aromatic heterocycles. The number of nitriles is 1. The molecule has 0 aliphatic carbocycles. The minimum absolute atomic E-state index is 0.0901. The van der Waals surface area contributed by atoms with Gasteiger partial charge in [0.05, 0.1) is 24.6 Å². The highest BCUT2D eigenvalue weighted by Gasteiger charge is 2.06. The molecule has 1 aromatic carbocycles. The van der Waals surface area contributed by atoms with Crippen molar-refractivity contribution in [3.8, 4) is 6.07 Å². The second-order valence-corrected chi connectivity index (χ2v) is 4.12. The molecule has 0 fully saturated rings. The van der Waals surface area contributed by atoms with Gasteiger partial charge in [-0.3, -0.25) is 4.79 Å². The van der Waals surface area contributed by atoms with Gasteiger partial charge in [-0.1, -0.05) is 12.1 Å². The summed E-state index contributed by atoms with van der Waals surface area (Å²) >= 11 is 0. The first-order valence-electron chi connectivity index (χ1n) is 5.77. The number of carbonyl (C=O) groups excluding carboxylic acids is 1. The van der Waals surface area contributed by atoms with Gasteiger partial charge in [0.1, 0.15) is 6.33 Å². The van der Waals surface area contributed by atoms with Gasteiger partial charge in [0.2, 0.25) is 5.91 Å². The van der Waals surface area contributed by atoms with Gasteiger partial charge in [0, 0.05) is 7.05 Å². The maximum absolute atomic E-state index is 11.7. The Labute approximate surface area is 110 Å². The van der Waals surface area contributed by atoms with E-state index < -0.39 is 0 Å². The summed E-state index contributed by atoms with van der Waals surface area (Å²) in [6.07, 6.45) is 1.87. The quantitative estimate of drug-likeness (QED) is 0.864. The number of nitrogens with zero attached hydrogens (tertiary/aromatic N) is 4. The number of aryl methyl sites for hydroxylation is 1. The van der Waals surface area contributed by atoms with Crippen LogP contribution >= 0.6 is 0 Å². The molecule has 0 aliphatic rings. The summed E-state index contributed by atoms with van der Waals surface area (Å²) in [5, 5.41) is 19.1. The molecule has 2 rings (SSSR count). The molecule has 1 heterocycles. The van der Waals surface area contributed by atoms with Crippen molar-refractivity contribution in [1.82, 2.24) is 20.1 Å². The summed E-state index contributed by atoms with van der Waals surface area (Å²) in [4.78, 5) is 11.7. The zero-order valence-electron chi connectivity index (χ0n) is 10.5. The van der Waals surface area contributed by atoms with Crippen LogP contribution < -0.4 is 5.32 Å². The number of carbonyl (C=O) groups is 1. The fourth-order valence-electron chi connectivity index (χ4n) is 1.59. The first-order chi connectivity index (χ1) is 9.19. The second-order valence-electron chi connectivity index (χ2n) is 4.12. The van der Waals surface area contributed by atoms with Crippen LogP contribution in [0.2, 0.25) is 0 Å². The lowest BCUT2D eigenvalue weighted by atomic mass is 10.1. The van der Waals surface area contributed by atoms with Crippen molar-refractivity contribution in [1.29, 1.82) is 5.26 Å². The van der Waals surface area contributed by atoms with Crippen LogP contribution in [0.25, 0.3) is 0 Å². The maximum atomic E-state index is 11.7. The van der Waals surface area contributed by atoms with Crippen molar-refractivity contribution < 1.29 is 4.79 Å². The lowest BCUT2D eigenvalue weighted by Gasteiger charge is -2.04. The van der Waals surface area contributed by atoms with Crippen molar-refractivity contribution in [3.63, 3.8) is 0 Å². The van der Waals surface area contributed by atoms with Crippen LogP contribution in [0.1, 0.15) is 17.0 Å². The van der Waals surface area contributed by atoms with E-state index >= 15 is 0 Å². The van der Waals surface area contributed by atoms with Gasteiger partial charge < -0.3 is 9.88 Å². The predicted octanol–water partition coefficient (Wildman–Crippen LogP) is 0.546. The Kier molecular flexibility index (Phi) is 3.88. The smallest absolute Gasteiger partial charge is 0.224 e. The van der Waals surface area contributed by atoms with Crippen LogP contribution in [-0.2, 0) is 24.8 Å². The van der Waals surface area contributed by atoms with Crippen LogP contribution in [0, 0.1) is 11.3 Å². The van der Waals surface area contributed by atoms with E-state index in [1.54, 1.807) is 35.2 Å². The van der Waals surface area contributed by atoms with E-state index in [0.717, 1.165) is 5.56 Å². The number of hydrogen-bond donors (Lipinski definition) is 1. The third-order valence-corrected chi connectivity index (χ3v) is 2.70. The van der Waals surface area contributed by atoms with Gasteiger partial charge in [0.25, 0.3) is 0 Å². The fraction of sp³-hybridized carbons (Fsp3) is 0.231. The Bertz CT molecular complexity index is 609. The molecule has 6 nitrogen and oxygen atoms in total. The van der Waals surface area contributed by atoms with Gasteiger partial charge in [-0.25, -0.2) is 0 Å². The lowest BCUT2D eigenvalue weighted by Crippen LogP contribution is -2.25. The first-order valence-corrected chi connectivity index (χ1v) is 5.77. The molecule has 0 atom stereocenters. The van der Waals surface area contributed by atoms with E-state index in [0.29, 0.717) is 17.9 Å². The average Bonchev–Trinajstić information content (AvgIpc) is 2.83. The van der Waals surface area contributed by atoms with Crippen LogP contribution in [0.4, 0.5) is 0 Å². The van der Waals surface area contributed by atoms with E-state index in [9.17, 15) is 4.79 Å². The molecule has 6 heteroatoms. The average molecular weight is 255 g/mol. The van der Waals surface area contributed by atoms with Crippen molar-refractivity contribution in [2.24, 2.45) is 7.05 Å². The molecular formula is C13H13N5O. The highest BCUT2D eigenvalue weighted by molar-refractivity contribution is 5.78. The number of nitrogens with one attached hydrogen (secondary N) is 1. The SMILES string of the molecule is Cn1cnnc1CNC(=O)Cc1ccc(C#N)cc1. The number of rotatable bonds is 4. The summed E-state index contributed by atoms with van der Waals surface area (Å²) in [6.45, 7) is 0.353. The number of amides is 1. The molecular weight excluding hydrogens is 242 g/mol. The largest absolute Gasteiger partial charge is 0.349 e. The zero-order valence-corrected chi connectivity index (χ0v) is 10.5. The Hall–Kier alpha value is -2.68. The number of hydrogen-bond acceptors (Lipinski definition) is 4. The molecule has 2 aromatic rings. The topological polar surface area (TPSA) is 83.6 Å². The fourth-order valence-corrected chi connectivity index (χ4v) is 1.59. The van der Waals surface area contributed by atoms with E-state index in [1.807, 2.05) is 13.1 Å². The third-order valence-electron chi connectivity index (χ3n) is 2.70. The van der Waals surface area contributed by atoms with Gasteiger partial charge in [-0.15, -0.1) is 10.2 Å². The summed E-state index contributed by atoms with van der Waals surface area (Å²) in [5.74, 6) is 0.612. The van der Waals surface area contributed by atoms with Gasteiger partial charge in [0.15, 0.2) is 5.82 Å². The molecule has 0 spiro atoms. The van der Waals surface area contributed by atoms with Gasteiger partial charge in [-0.2, -0.15) is 5.26 Å². The monoisotopic (exact) mass is 255 g/mol. The maximum Gasteiger partial charge on any atom is 0.224 e. The molecule has 0 aliphatic heterocycles.